The number of carbonyl (C=O) groups is 1. The number of rotatable bonds is 2. The van der Waals surface area contributed by atoms with Crippen LogP contribution in [0.1, 0.15) is 33.6 Å². The maximum atomic E-state index is 12.1. The van der Waals surface area contributed by atoms with Crippen molar-refractivity contribution < 1.29 is 9.53 Å². The minimum atomic E-state index is -0.470. The molecular weight excluding hydrogens is 290 g/mol. The number of piperidine rings is 1. The van der Waals surface area contributed by atoms with Crippen LogP contribution in [0, 0.1) is 0 Å². The van der Waals surface area contributed by atoms with Gasteiger partial charge in [-0.3, -0.25) is 0 Å². The molecule has 0 aliphatic carbocycles. The highest BCUT2D eigenvalue weighted by atomic mass is 35.5. The van der Waals surface area contributed by atoms with E-state index in [2.05, 4.69) is 10.3 Å². The van der Waals surface area contributed by atoms with E-state index >= 15 is 0 Å². The lowest BCUT2D eigenvalue weighted by molar-refractivity contribution is 0.0206. The summed E-state index contributed by atoms with van der Waals surface area (Å²) in [7, 11) is 0. The molecule has 1 N–H and O–H groups in total. The third-order valence-corrected chi connectivity index (χ3v) is 3.48. The van der Waals surface area contributed by atoms with E-state index in [1.807, 2.05) is 20.8 Å². The molecule has 0 spiro atoms. The molecule has 0 unspecified atom stereocenters. The van der Waals surface area contributed by atoms with Gasteiger partial charge in [0.2, 0.25) is 0 Å². The van der Waals surface area contributed by atoms with E-state index in [0.717, 1.165) is 19.4 Å². The standard InChI is InChI=1S/C15H22ClN3O2/c1-15(2,3)21-14(20)19-9-5-6-11(10-19)18-13-12(16)7-4-8-17-13/h4,7-8,11H,5-6,9-10H2,1-3H3,(H,17,18)/t11-/m0/s1. The van der Waals surface area contributed by atoms with E-state index in [9.17, 15) is 4.79 Å². The molecule has 2 rings (SSSR count). The van der Waals surface area contributed by atoms with Crippen molar-refractivity contribution in [3.63, 3.8) is 0 Å². The lowest BCUT2D eigenvalue weighted by Crippen LogP contribution is -2.47. The van der Waals surface area contributed by atoms with E-state index in [0.29, 0.717) is 17.4 Å². The molecule has 1 aromatic heterocycles. The topological polar surface area (TPSA) is 54.5 Å². The second-order valence-corrected chi connectivity index (χ2v) is 6.65. The summed E-state index contributed by atoms with van der Waals surface area (Å²) in [4.78, 5) is 18.1. The highest BCUT2D eigenvalue weighted by molar-refractivity contribution is 6.32. The lowest BCUT2D eigenvalue weighted by atomic mass is 10.1. The number of amides is 1. The van der Waals surface area contributed by atoms with Crippen LogP contribution in [0.2, 0.25) is 5.02 Å². The van der Waals surface area contributed by atoms with Crippen molar-refractivity contribution in [1.29, 1.82) is 0 Å². The maximum absolute atomic E-state index is 12.1. The number of likely N-dealkylation sites (tertiary alicyclic amines) is 1. The first kappa shape index (κ1) is 15.9. The molecule has 1 aliphatic rings. The van der Waals surface area contributed by atoms with E-state index in [1.165, 1.54) is 0 Å². The van der Waals surface area contributed by atoms with E-state index < -0.39 is 5.60 Å². The van der Waals surface area contributed by atoms with Crippen LogP contribution in [0.4, 0.5) is 10.6 Å². The van der Waals surface area contributed by atoms with Gasteiger partial charge in [-0.25, -0.2) is 9.78 Å². The largest absolute Gasteiger partial charge is 0.444 e. The number of hydrogen-bond donors (Lipinski definition) is 1. The summed E-state index contributed by atoms with van der Waals surface area (Å²) in [5.41, 5.74) is -0.470. The van der Waals surface area contributed by atoms with E-state index in [1.54, 1.807) is 23.2 Å². The van der Waals surface area contributed by atoms with Gasteiger partial charge in [0, 0.05) is 25.3 Å². The Hall–Kier alpha value is -1.49. The van der Waals surface area contributed by atoms with Gasteiger partial charge in [-0.2, -0.15) is 0 Å². The minimum Gasteiger partial charge on any atom is -0.444 e. The zero-order valence-corrected chi connectivity index (χ0v) is 13.5. The molecule has 1 fully saturated rings. The Morgan fingerprint density at radius 2 is 2.29 bits per heavy atom. The van der Waals surface area contributed by atoms with Crippen molar-refractivity contribution >= 4 is 23.5 Å². The van der Waals surface area contributed by atoms with Crippen molar-refractivity contribution in [3.8, 4) is 0 Å². The van der Waals surface area contributed by atoms with Crippen molar-refractivity contribution in [2.24, 2.45) is 0 Å². The number of carbonyl (C=O) groups excluding carboxylic acids is 1. The Bertz CT molecular complexity index is 502. The molecule has 0 bridgehead atoms. The summed E-state index contributed by atoms with van der Waals surface area (Å²) in [6.07, 6.45) is 3.34. The lowest BCUT2D eigenvalue weighted by Gasteiger charge is -2.34. The highest BCUT2D eigenvalue weighted by Gasteiger charge is 2.27. The Kier molecular flexibility index (Phi) is 4.93. The maximum Gasteiger partial charge on any atom is 0.410 e. The quantitative estimate of drug-likeness (QED) is 0.907. The fourth-order valence-electron chi connectivity index (χ4n) is 2.27. The second-order valence-electron chi connectivity index (χ2n) is 6.24. The summed E-state index contributed by atoms with van der Waals surface area (Å²) in [6.45, 7) is 6.94. The van der Waals surface area contributed by atoms with Gasteiger partial charge in [0.15, 0.2) is 0 Å². The third-order valence-electron chi connectivity index (χ3n) is 3.17. The van der Waals surface area contributed by atoms with Crippen molar-refractivity contribution in [2.45, 2.75) is 45.3 Å². The molecule has 1 atom stereocenters. The number of anilines is 1. The smallest absolute Gasteiger partial charge is 0.410 e. The molecule has 0 saturated carbocycles. The minimum absolute atomic E-state index is 0.138. The normalized spacial score (nSPS) is 19.2. The number of halogens is 1. The van der Waals surface area contributed by atoms with Gasteiger partial charge < -0.3 is 15.0 Å². The average molecular weight is 312 g/mol. The molecule has 6 heteroatoms. The predicted octanol–water partition coefficient (Wildman–Crippen LogP) is 3.55. The zero-order chi connectivity index (χ0) is 15.5. The molecule has 1 aromatic rings. The molecule has 5 nitrogen and oxygen atoms in total. The summed E-state index contributed by atoms with van der Waals surface area (Å²) >= 11 is 6.10. The van der Waals surface area contributed by atoms with Crippen LogP contribution in [0.25, 0.3) is 0 Å². The summed E-state index contributed by atoms with van der Waals surface area (Å²) in [5, 5.41) is 3.89. The first-order chi connectivity index (χ1) is 9.85. The summed E-state index contributed by atoms with van der Waals surface area (Å²) < 4.78 is 5.42. The number of hydrogen-bond acceptors (Lipinski definition) is 4. The number of nitrogens with one attached hydrogen (secondary N) is 1. The average Bonchev–Trinajstić information content (AvgIpc) is 2.40. The van der Waals surface area contributed by atoms with Crippen LogP contribution in [0.5, 0.6) is 0 Å². The number of aromatic nitrogens is 1. The second kappa shape index (κ2) is 6.52. The molecule has 1 saturated heterocycles. The molecule has 2 heterocycles. The molecule has 21 heavy (non-hydrogen) atoms. The first-order valence-electron chi connectivity index (χ1n) is 7.20. The van der Waals surface area contributed by atoms with Gasteiger partial charge in [-0.1, -0.05) is 11.6 Å². The molecule has 0 radical (unpaired) electrons. The summed E-state index contributed by atoms with van der Waals surface area (Å²) in [6, 6.07) is 3.73. The Morgan fingerprint density at radius 3 is 2.95 bits per heavy atom. The van der Waals surface area contributed by atoms with Crippen LogP contribution in [0.3, 0.4) is 0 Å². The Morgan fingerprint density at radius 1 is 1.52 bits per heavy atom. The molecule has 1 amide bonds. The first-order valence-corrected chi connectivity index (χ1v) is 7.58. The molecule has 1 aliphatic heterocycles. The van der Waals surface area contributed by atoms with Gasteiger partial charge in [0.05, 0.1) is 5.02 Å². The van der Waals surface area contributed by atoms with Crippen molar-refractivity contribution in [3.05, 3.63) is 23.4 Å². The fourth-order valence-corrected chi connectivity index (χ4v) is 2.45. The SMILES string of the molecule is CC(C)(C)OC(=O)N1CCC[C@H](Nc2ncccc2Cl)C1. The molecule has 0 aromatic carbocycles. The van der Waals surface area contributed by atoms with Gasteiger partial charge in [0.25, 0.3) is 0 Å². The highest BCUT2D eigenvalue weighted by Crippen LogP contribution is 2.22. The predicted molar refractivity (Wildman–Crippen MR) is 83.7 cm³/mol. The van der Waals surface area contributed by atoms with Crippen molar-refractivity contribution in [2.75, 3.05) is 18.4 Å². The van der Waals surface area contributed by atoms with Crippen LogP contribution < -0.4 is 5.32 Å². The van der Waals surface area contributed by atoms with Gasteiger partial charge in [-0.05, 0) is 45.7 Å². The fraction of sp³-hybridized carbons (Fsp3) is 0.600. The Labute approximate surface area is 130 Å². The van der Waals surface area contributed by atoms with Gasteiger partial charge in [0.1, 0.15) is 11.4 Å². The monoisotopic (exact) mass is 311 g/mol. The Balaban J connectivity index is 1.95. The number of pyridine rings is 1. The van der Waals surface area contributed by atoms with E-state index in [-0.39, 0.29) is 12.1 Å². The molecule has 116 valence electrons. The van der Waals surface area contributed by atoms with Crippen molar-refractivity contribution in [1.82, 2.24) is 9.88 Å². The van der Waals surface area contributed by atoms with Crippen LogP contribution in [-0.4, -0.2) is 40.7 Å². The van der Waals surface area contributed by atoms with Crippen LogP contribution in [0.15, 0.2) is 18.3 Å². The third kappa shape index (κ3) is 4.77. The van der Waals surface area contributed by atoms with E-state index in [4.69, 9.17) is 16.3 Å². The zero-order valence-electron chi connectivity index (χ0n) is 12.7. The van der Waals surface area contributed by atoms with Crippen LogP contribution in [-0.2, 0) is 4.74 Å². The van der Waals surface area contributed by atoms with Crippen LogP contribution >= 0.6 is 11.6 Å². The summed E-state index contributed by atoms with van der Waals surface area (Å²) in [5.74, 6) is 0.662. The van der Waals surface area contributed by atoms with Gasteiger partial charge in [-0.15, -0.1) is 0 Å². The van der Waals surface area contributed by atoms with Gasteiger partial charge >= 0.3 is 6.09 Å². The number of ether oxygens (including phenoxy) is 1. The number of nitrogens with zero attached hydrogens (tertiary/aromatic N) is 2. The molecular formula is C15H22ClN3O2.